The lowest BCUT2D eigenvalue weighted by molar-refractivity contribution is 0.102. The number of benzene rings is 1. The minimum atomic E-state index is -3.97. The Bertz CT molecular complexity index is 1030. The second kappa shape index (κ2) is 8.29. The molecule has 3 aromatic rings. The highest BCUT2D eigenvalue weighted by atomic mass is 32.2. The van der Waals surface area contributed by atoms with Crippen LogP contribution in [0, 0.1) is 0 Å². The van der Waals surface area contributed by atoms with Crippen LogP contribution in [0.4, 0.5) is 10.3 Å². The number of anilines is 2. The lowest BCUT2D eigenvalue weighted by Crippen LogP contribution is -2.12. The summed E-state index contributed by atoms with van der Waals surface area (Å²) in [7, 11) is -3.97. The minimum absolute atomic E-state index is 0.0811. The van der Waals surface area contributed by atoms with Gasteiger partial charge in [0.25, 0.3) is 20.3 Å². The number of nitrogens with zero attached hydrogens (tertiary/aromatic N) is 4. The minimum Gasteiger partial charge on any atom is -0.296 e. The zero-order valence-electron chi connectivity index (χ0n) is 14.1. The number of thioether (sulfide) groups is 1. The predicted molar refractivity (Wildman–Crippen MR) is 106 cm³/mol. The van der Waals surface area contributed by atoms with Crippen molar-refractivity contribution in [3.63, 3.8) is 0 Å². The third-order valence-corrected chi connectivity index (χ3v) is 7.46. The van der Waals surface area contributed by atoms with E-state index in [0.717, 1.165) is 22.7 Å². The summed E-state index contributed by atoms with van der Waals surface area (Å²) in [5.41, 5.74) is 0.430. The quantitative estimate of drug-likeness (QED) is 0.422. The molecule has 3 rings (SSSR count). The number of rotatable bonds is 7. The van der Waals surface area contributed by atoms with Crippen LogP contribution in [0.5, 0.6) is 0 Å². The molecule has 0 atom stereocenters. The summed E-state index contributed by atoms with van der Waals surface area (Å²) < 4.78 is 27.5. The molecule has 2 heterocycles. The molecular weight excluding hydrogens is 428 g/mol. The highest BCUT2D eigenvalue weighted by Gasteiger charge is 2.23. The molecule has 0 aliphatic rings. The Kier molecular flexibility index (Phi) is 6.04. The van der Waals surface area contributed by atoms with Crippen LogP contribution in [-0.4, -0.2) is 40.0 Å². The van der Waals surface area contributed by atoms with E-state index in [9.17, 15) is 13.2 Å². The van der Waals surface area contributed by atoms with Gasteiger partial charge in [-0.25, -0.2) is 0 Å². The molecule has 142 valence electrons. The van der Waals surface area contributed by atoms with Crippen molar-refractivity contribution < 1.29 is 13.2 Å². The normalized spacial score (nSPS) is 11.5. The molecule has 1 aromatic carbocycles. The smallest absolute Gasteiger partial charge is 0.293 e. The van der Waals surface area contributed by atoms with E-state index in [2.05, 4.69) is 30.4 Å². The molecule has 13 heteroatoms. The molecule has 0 saturated heterocycles. The monoisotopic (exact) mass is 442 g/mol. The van der Waals surface area contributed by atoms with Crippen molar-refractivity contribution >= 4 is 60.6 Å². The van der Waals surface area contributed by atoms with Gasteiger partial charge in [-0.3, -0.25) is 14.8 Å². The highest BCUT2D eigenvalue weighted by molar-refractivity contribution is 8.01. The summed E-state index contributed by atoms with van der Waals surface area (Å²) in [5, 5.41) is 18.2. The van der Waals surface area contributed by atoms with Crippen LogP contribution >= 0.6 is 34.4 Å². The van der Waals surface area contributed by atoms with Gasteiger partial charge in [0.05, 0.1) is 0 Å². The summed E-state index contributed by atoms with van der Waals surface area (Å²) in [4.78, 5) is 12.1. The Morgan fingerprint density at radius 1 is 1.04 bits per heavy atom. The van der Waals surface area contributed by atoms with Crippen LogP contribution in [0.15, 0.2) is 39.0 Å². The van der Waals surface area contributed by atoms with Gasteiger partial charge in [-0.05, 0) is 12.1 Å². The lowest BCUT2D eigenvalue weighted by atomic mass is 10.2. The standard InChI is InChI=1S/C14H14N6O3S4/c1-8(2)24-13-18-17-12(25-13)20-27(22,23)14-19-16-11(26-14)15-10(21)9-6-4-3-5-7-9/h3-8H,1-2H3,(H,17,20)(H,15,16,21). The fourth-order valence-corrected chi connectivity index (χ4v) is 5.89. The SMILES string of the molecule is CC(C)Sc1nnc(NS(=O)(=O)c2nnc(NC(=O)c3ccccc3)s2)s1. The summed E-state index contributed by atoms with van der Waals surface area (Å²) in [6.45, 7) is 4.00. The maximum atomic E-state index is 12.4. The van der Waals surface area contributed by atoms with Crippen molar-refractivity contribution in [3.05, 3.63) is 35.9 Å². The molecule has 0 aliphatic carbocycles. The fourth-order valence-electron chi connectivity index (χ4n) is 1.79. The molecule has 0 spiro atoms. The van der Waals surface area contributed by atoms with Gasteiger partial charge in [-0.15, -0.1) is 20.4 Å². The Morgan fingerprint density at radius 3 is 2.44 bits per heavy atom. The summed E-state index contributed by atoms with van der Waals surface area (Å²) in [5.74, 6) is -0.400. The first-order valence-corrected chi connectivity index (χ1v) is 11.6. The lowest BCUT2D eigenvalue weighted by Gasteiger charge is -2.00. The van der Waals surface area contributed by atoms with Gasteiger partial charge < -0.3 is 0 Å². The average molecular weight is 443 g/mol. The van der Waals surface area contributed by atoms with Crippen LogP contribution in [0.2, 0.25) is 0 Å². The average Bonchev–Trinajstić information content (AvgIpc) is 3.25. The number of nitrogens with one attached hydrogen (secondary N) is 2. The summed E-state index contributed by atoms with van der Waals surface area (Å²) >= 11 is 3.37. The first-order valence-electron chi connectivity index (χ1n) is 7.56. The van der Waals surface area contributed by atoms with Crippen LogP contribution in [0.25, 0.3) is 0 Å². The van der Waals surface area contributed by atoms with E-state index in [0.29, 0.717) is 15.2 Å². The van der Waals surface area contributed by atoms with Gasteiger partial charge in [0.2, 0.25) is 10.3 Å². The van der Waals surface area contributed by atoms with Crippen molar-refractivity contribution in [2.24, 2.45) is 0 Å². The van der Waals surface area contributed by atoms with Gasteiger partial charge >= 0.3 is 0 Å². The van der Waals surface area contributed by atoms with E-state index in [4.69, 9.17) is 0 Å². The molecule has 0 saturated carbocycles. The fraction of sp³-hybridized carbons (Fsp3) is 0.214. The van der Waals surface area contributed by atoms with Crippen LogP contribution < -0.4 is 10.0 Å². The van der Waals surface area contributed by atoms with Crippen molar-refractivity contribution in [1.82, 2.24) is 20.4 Å². The van der Waals surface area contributed by atoms with E-state index in [1.54, 1.807) is 30.3 Å². The number of carbonyl (C=O) groups is 1. The number of aromatic nitrogens is 4. The Hall–Kier alpha value is -2.09. The molecule has 0 fully saturated rings. The Labute approximate surface area is 167 Å². The summed E-state index contributed by atoms with van der Waals surface area (Å²) in [6, 6.07) is 8.51. The van der Waals surface area contributed by atoms with Crippen molar-refractivity contribution in [3.8, 4) is 0 Å². The zero-order valence-corrected chi connectivity index (χ0v) is 17.4. The van der Waals surface area contributed by atoms with Crippen LogP contribution in [-0.2, 0) is 10.0 Å². The first kappa shape index (κ1) is 19.7. The van der Waals surface area contributed by atoms with Gasteiger partial charge in [0.15, 0.2) is 4.34 Å². The maximum Gasteiger partial charge on any atom is 0.293 e. The molecule has 9 nitrogen and oxygen atoms in total. The van der Waals surface area contributed by atoms with Gasteiger partial charge in [-0.2, -0.15) is 8.42 Å². The number of amides is 1. The van der Waals surface area contributed by atoms with Crippen molar-refractivity contribution in [2.75, 3.05) is 10.0 Å². The number of carbonyl (C=O) groups excluding carboxylic acids is 1. The van der Waals surface area contributed by atoms with E-state index in [1.807, 2.05) is 13.8 Å². The molecule has 0 radical (unpaired) electrons. The molecule has 27 heavy (non-hydrogen) atoms. The van der Waals surface area contributed by atoms with E-state index in [1.165, 1.54) is 11.8 Å². The molecular formula is C14H14N6O3S4. The number of hydrogen-bond acceptors (Lipinski definition) is 10. The Balaban J connectivity index is 1.69. The molecule has 0 aliphatic heterocycles. The molecule has 2 aromatic heterocycles. The van der Waals surface area contributed by atoms with E-state index >= 15 is 0 Å². The summed E-state index contributed by atoms with van der Waals surface area (Å²) in [6.07, 6.45) is 0. The van der Waals surface area contributed by atoms with Gasteiger partial charge in [0.1, 0.15) is 0 Å². The highest BCUT2D eigenvalue weighted by Crippen LogP contribution is 2.30. The van der Waals surface area contributed by atoms with E-state index < -0.39 is 15.9 Å². The topological polar surface area (TPSA) is 127 Å². The molecule has 0 bridgehead atoms. The molecule has 2 N–H and O–H groups in total. The maximum absolute atomic E-state index is 12.4. The third kappa shape index (κ3) is 5.22. The molecule has 1 amide bonds. The number of hydrogen-bond donors (Lipinski definition) is 2. The van der Waals surface area contributed by atoms with Crippen molar-refractivity contribution in [2.45, 2.75) is 27.8 Å². The largest absolute Gasteiger partial charge is 0.296 e. The van der Waals surface area contributed by atoms with Crippen LogP contribution in [0.3, 0.4) is 0 Å². The van der Waals surface area contributed by atoms with Crippen molar-refractivity contribution in [1.29, 1.82) is 0 Å². The second-order valence-corrected chi connectivity index (χ2v) is 11.0. The van der Waals surface area contributed by atoms with E-state index in [-0.39, 0.29) is 14.6 Å². The first-order chi connectivity index (χ1) is 12.8. The Morgan fingerprint density at radius 2 is 1.74 bits per heavy atom. The van der Waals surface area contributed by atoms with Crippen LogP contribution in [0.1, 0.15) is 24.2 Å². The zero-order chi connectivity index (χ0) is 19.4. The number of sulfonamides is 1. The predicted octanol–water partition coefficient (Wildman–Crippen LogP) is 2.94. The second-order valence-electron chi connectivity index (χ2n) is 5.34. The molecule has 0 unspecified atom stereocenters. The van der Waals surface area contributed by atoms with Gasteiger partial charge in [0, 0.05) is 10.8 Å². The van der Waals surface area contributed by atoms with Gasteiger partial charge in [-0.1, -0.05) is 66.5 Å². The third-order valence-electron chi connectivity index (χ3n) is 2.86.